The fourth-order valence-electron chi connectivity index (χ4n) is 5.37. The highest BCUT2D eigenvalue weighted by Gasteiger charge is 2.58. The molecule has 2 aliphatic rings. The van der Waals surface area contributed by atoms with Gasteiger partial charge in [0.15, 0.2) is 17.2 Å². The average molecular weight is 507 g/mol. The summed E-state index contributed by atoms with van der Waals surface area (Å²) < 4.78 is 5.83. The highest BCUT2D eigenvalue weighted by Crippen LogP contribution is 2.46. The third-order valence-electron chi connectivity index (χ3n) is 7.34. The van der Waals surface area contributed by atoms with Gasteiger partial charge in [0.1, 0.15) is 17.1 Å². The fourth-order valence-corrected chi connectivity index (χ4v) is 5.37. The number of nitrogens with two attached hydrogens (primary N) is 1. The SMILES string of the molecule is C.CCCCOc1cccc2c1C(=O)C[C@H]([C@H](O)[C@H]1[C@H](NC)C(=O)C(C(N)=O)=C(O)[C@@]1(O)CO)[C@H]2C. The zero-order valence-corrected chi connectivity index (χ0v) is 20.2. The van der Waals surface area contributed by atoms with Gasteiger partial charge in [-0.1, -0.05) is 39.8 Å². The minimum Gasteiger partial charge on any atom is -0.508 e. The summed E-state index contributed by atoms with van der Waals surface area (Å²) in [5.41, 5.74) is 2.96. The first-order chi connectivity index (χ1) is 16.5. The Balaban J connectivity index is 0.00000456. The van der Waals surface area contributed by atoms with Gasteiger partial charge in [0.2, 0.25) is 0 Å². The van der Waals surface area contributed by atoms with E-state index in [1.165, 1.54) is 7.05 Å². The lowest BCUT2D eigenvalue weighted by Gasteiger charge is -2.47. The number of hydrogen-bond donors (Lipinski definition) is 6. The highest BCUT2D eigenvalue weighted by atomic mass is 16.5. The van der Waals surface area contributed by atoms with Crippen LogP contribution < -0.4 is 15.8 Å². The molecular weight excluding hydrogens is 468 g/mol. The molecule has 0 fully saturated rings. The van der Waals surface area contributed by atoms with E-state index < -0.39 is 65.1 Å². The Morgan fingerprint density at radius 2 is 2.00 bits per heavy atom. The molecule has 0 aromatic heterocycles. The smallest absolute Gasteiger partial charge is 0.255 e. The van der Waals surface area contributed by atoms with Crippen LogP contribution in [0.2, 0.25) is 0 Å². The summed E-state index contributed by atoms with van der Waals surface area (Å²) in [6.45, 7) is 3.22. The van der Waals surface area contributed by atoms with E-state index in [4.69, 9.17) is 10.5 Å². The summed E-state index contributed by atoms with van der Waals surface area (Å²) in [6.07, 6.45) is 0.133. The lowest BCUT2D eigenvalue weighted by molar-refractivity contribution is -0.149. The van der Waals surface area contributed by atoms with Crippen molar-refractivity contribution in [3.63, 3.8) is 0 Å². The molecule has 0 saturated carbocycles. The van der Waals surface area contributed by atoms with Crippen LogP contribution in [0.25, 0.3) is 0 Å². The van der Waals surface area contributed by atoms with Crippen molar-refractivity contribution >= 4 is 17.5 Å². The molecule has 200 valence electrons. The number of amides is 1. The van der Waals surface area contributed by atoms with E-state index in [-0.39, 0.29) is 19.6 Å². The second-order valence-corrected chi connectivity index (χ2v) is 9.32. The van der Waals surface area contributed by atoms with E-state index in [9.17, 15) is 34.8 Å². The lowest BCUT2D eigenvalue weighted by Crippen LogP contribution is -2.65. The Morgan fingerprint density at radius 1 is 1.33 bits per heavy atom. The molecule has 3 rings (SSSR count). The van der Waals surface area contributed by atoms with Crippen molar-refractivity contribution in [2.75, 3.05) is 20.3 Å². The van der Waals surface area contributed by atoms with E-state index in [1.54, 1.807) is 18.2 Å². The Morgan fingerprint density at radius 3 is 2.56 bits per heavy atom. The van der Waals surface area contributed by atoms with Crippen LogP contribution in [0.1, 0.15) is 62.4 Å². The predicted octanol–water partition coefficient (Wildman–Crippen LogP) is 0.976. The Kier molecular flexibility index (Phi) is 9.41. The van der Waals surface area contributed by atoms with Gasteiger partial charge in [0.25, 0.3) is 5.91 Å². The molecule has 0 unspecified atom stereocenters. The molecule has 0 saturated heterocycles. The number of unbranched alkanes of at least 4 members (excludes halogenated alkanes) is 1. The molecule has 10 heteroatoms. The fraction of sp³-hybridized carbons (Fsp3) is 0.577. The Labute approximate surface area is 211 Å². The van der Waals surface area contributed by atoms with Gasteiger partial charge in [-0.3, -0.25) is 14.4 Å². The van der Waals surface area contributed by atoms with Gasteiger partial charge in [0, 0.05) is 12.3 Å². The van der Waals surface area contributed by atoms with Crippen molar-refractivity contribution in [2.24, 2.45) is 17.6 Å². The van der Waals surface area contributed by atoms with Gasteiger partial charge in [-0.05, 0) is 36.9 Å². The van der Waals surface area contributed by atoms with Gasteiger partial charge in [-0.25, -0.2) is 0 Å². The highest BCUT2D eigenvalue weighted by molar-refractivity contribution is 6.22. The van der Waals surface area contributed by atoms with Crippen LogP contribution in [-0.2, 0) is 9.59 Å². The average Bonchev–Trinajstić information content (AvgIpc) is 2.83. The molecule has 0 radical (unpaired) electrons. The maximum atomic E-state index is 13.2. The van der Waals surface area contributed by atoms with Crippen LogP contribution >= 0.6 is 0 Å². The number of fused-ring (bicyclic) bond motifs is 1. The third-order valence-corrected chi connectivity index (χ3v) is 7.34. The number of carbonyl (C=O) groups excluding carboxylic acids is 3. The van der Waals surface area contributed by atoms with Crippen LogP contribution in [0.15, 0.2) is 29.5 Å². The molecule has 0 heterocycles. The largest absolute Gasteiger partial charge is 0.508 e. The summed E-state index contributed by atoms with van der Waals surface area (Å²) in [5, 5.41) is 46.0. The lowest BCUT2D eigenvalue weighted by atomic mass is 9.62. The first-order valence-corrected chi connectivity index (χ1v) is 11.8. The quantitative estimate of drug-likeness (QED) is 0.210. The monoisotopic (exact) mass is 506 g/mol. The number of ether oxygens (including phenoxy) is 1. The molecule has 0 bridgehead atoms. The van der Waals surface area contributed by atoms with Crippen molar-refractivity contribution < 1.29 is 39.5 Å². The number of nitrogens with one attached hydrogen (secondary N) is 1. The summed E-state index contributed by atoms with van der Waals surface area (Å²) in [7, 11) is 1.38. The van der Waals surface area contributed by atoms with E-state index in [0.29, 0.717) is 23.5 Å². The molecule has 0 aliphatic heterocycles. The molecule has 0 spiro atoms. The number of aliphatic hydroxyl groups excluding tert-OH is 3. The molecule has 7 N–H and O–H groups in total. The molecule has 36 heavy (non-hydrogen) atoms. The number of hydrogen-bond acceptors (Lipinski definition) is 9. The Hall–Kier alpha value is -2.79. The third kappa shape index (κ3) is 4.78. The van der Waals surface area contributed by atoms with Gasteiger partial charge in [-0.15, -0.1) is 0 Å². The standard InChI is InChI=1S/C25H34N2O8.CH4/c1-4-5-9-35-16-8-6-7-13-12(2)14(10-15(29)17(13)16)21(30)19-20(27-3)22(31)18(24(26)33)23(32)25(19,34)11-28;/h6-8,12,14,19-21,27-28,30,32,34H,4-5,9-11H2,1-3H3,(H2,26,33);1H4/t12-,14-,19+,20-,21-,25+;/m0./s1. The van der Waals surface area contributed by atoms with E-state index >= 15 is 0 Å². The number of benzene rings is 1. The minimum absolute atomic E-state index is 0. The maximum Gasteiger partial charge on any atom is 0.255 e. The summed E-state index contributed by atoms with van der Waals surface area (Å²) in [5.74, 6) is -5.70. The number of primary amides is 1. The van der Waals surface area contributed by atoms with E-state index in [1.807, 2.05) is 13.8 Å². The Bertz CT molecular complexity index is 1040. The first kappa shape index (κ1) is 29.4. The van der Waals surface area contributed by atoms with Gasteiger partial charge < -0.3 is 36.2 Å². The van der Waals surface area contributed by atoms with Crippen LogP contribution in [0.5, 0.6) is 5.75 Å². The number of rotatable bonds is 9. The zero-order chi connectivity index (χ0) is 26.1. The van der Waals surface area contributed by atoms with Crippen molar-refractivity contribution in [2.45, 2.75) is 64.2 Å². The molecular formula is C26H38N2O8. The van der Waals surface area contributed by atoms with E-state index in [2.05, 4.69) is 5.32 Å². The second kappa shape index (κ2) is 11.5. The van der Waals surface area contributed by atoms with Crippen molar-refractivity contribution in [1.29, 1.82) is 0 Å². The molecule has 1 aromatic carbocycles. The van der Waals surface area contributed by atoms with Crippen molar-refractivity contribution in [1.82, 2.24) is 5.32 Å². The second-order valence-electron chi connectivity index (χ2n) is 9.32. The van der Waals surface area contributed by atoms with Crippen LogP contribution in [0.3, 0.4) is 0 Å². The molecule has 2 aliphatic carbocycles. The summed E-state index contributed by atoms with van der Waals surface area (Å²) >= 11 is 0. The van der Waals surface area contributed by atoms with Gasteiger partial charge >= 0.3 is 0 Å². The van der Waals surface area contributed by atoms with E-state index in [0.717, 1.165) is 12.8 Å². The minimum atomic E-state index is -2.54. The molecule has 6 atom stereocenters. The maximum absolute atomic E-state index is 13.2. The van der Waals surface area contributed by atoms with Crippen LogP contribution in [-0.4, -0.2) is 75.9 Å². The van der Waals surface area contributed by atoms with Crippen molar-refractivity contribution in [3.8, 4) is 5.75 Å². The van der Waals surface area contributed by atoms with Gasteiger partial charge in [-0.2, -0.15) is 0 Å². The topological polar surface area (TPSA) is 179 Å². The normalized spacial score (nSPS) is 28.8. The van der Waals surface area contributed by atoms with Crippen molar-refractivity contribution in [3.05, 3.63) is 40.7 Å². The molecule has 1 aromatic rings. The van der Waals surface area contributed by atoms with Crippen LogP contribution in [0.4, 0.5) is 0 Å². The number of ketones is 2. The summed E-state index contributed by atoms with van der Waals surface area (Å²) in [4.78, 5) is 38.0. The number of likely N-dealkylation sites (N-methyl/N-ethyl adjacent to an activating group) is 1. The predicted molar refractivity (Wildman–Crippen MR) is 133 cm³/mol. The zero-order valence-electron chi connectivity index (χ0n) is 20.2. The van der Waals surface area contributed by atoms with Gasteiger partial charge in [0.05, 0.1) is 30.9 Å². The first-order valence-electron chi connectivity index (χ1n) is 11.8. The summed E-state index contributed by atoms with van der Waals surface area (Å²) in [6, 6.07) is 3.90. The molecule has 1 amide bonds. The number of aliphatic hydroxyl groups is 4. The number of carbonyl (C=O) groups is 3. The molecule has 10 nitrogen and oxygen atoms in total. The van der Waals surface area contributed by atoms with Crippen LogP contribution in [0, 0.1) is 11.8 Å². The number of Topliss-reactive ketones (excluding diaryl/α,β-unsaturated/α-hetero) is 2.